The van der Waals surface area contributed by atoms with Crippen LogP contribution in [-0.4, -0.2) is 87.0 Å². The van der Waals surface area contributed by atoms with Crippen LogP contribution in [0.15, 0.2) is 30.3 Å². The normalized spacial score (nSPS) is 15.3. The molecule has 9 N–H and O–H groups in total. The fourth-order valence-corrected chi connectivity index (χ4v) is 2.73. The Kier molecular flexibility index (Phi) is 10.9. The predicted molar refractivity (Wildman–Crippen MR) is 113 cm³/mol. The molecule has 182 valence electrons. The van der Waals surface area contributed by atoms with Crippen LogP contribution in [0.4, 0.5) is 0 Å². The van der Waals surface area contributed by atoms with E-state index in [2.05, 4.69) is 10.6 Å². The summed E-state index contributed by atoms with van der Waals surface area (Å²) >= 11 is 0. The topological polar surface area (TPSA) is 228 Å². The van der Waals surface area contributed by atoms with Gasteiger partial charge in [0.2, 0.25) is 17.7 Å². The van der Waals surface area contributed by atoms with Crippen LogP contribution >= 0.6 is 0 Å². The van der Waals surface area contributed by atoms with Gasteiger partial charge >= 0.3 is 11.9 Å². The average molecular weight is 468 g/mol. The van der Waals surface area contributed by atoms with Crippen LogP contribution in [0.3, 0.4) is 0 Å². The Morgan fingerprint density at radius 1 is 0.909 bits per heavy atom. The Balaban J connectivity index is 2.80. The molecule has 13 heteroatoms. The molecule has 0 aliphatic heterocycles. The summed E-state index contributed by atoms with van der Waals surface area (Å²) in [6.07, 6.45) is -2.30. The number of rotatable bonds is 13. The molecule has 5 atom stereocenters. The standard InChI is InChI=1S/C20H28N4O9/c1-10(26)16(19(31)22-13(20(32)33)8-15(27)28)24-18(30)14(9-25)23-17(29)12(21)7-11-5-3-2-4-6-11/h2-6,10,12-14,16,25-26H,7-9,21H2,1H3,(H,22,31)(H,23,29)(H,24,30)(H,27,28)(H,32,33). The van der Waals surface area contributed by atoms with Gasteiger partial charge in [0.1, 0.15) is 18.1 Å². The smallest absolute Gasteiger partial charge is 0.326 e. The number of nitrogens with one attached hydrogen (secondary N) is 3. The second kappa shape index (κ2) is 13.1. The van der Waals surface area contributed by atoms with Crippen LogP contribution < -0.4 is 21.7 Å². The molecule has 3 amide bonds. The quantitative estimate of drug-likeness (QED) is 0.146. The van der Waals surface area contributed by atoms with Crippen LogP contribution in [0.25, 0.3) is 0 Å². The summed E-state index contributed by atoms with van der Waals surface area (Å²) < 4.78 is 0. The van der Waals surface area contributed by atoms with E-state index in [9.17, 15) is 34.2 Å². The fourth-order valence-electron chi connectivity index (χ4n) is 2.73. The third kappa shape index (κ3) is 9.22. The van der Waals surface area contributed by atoms with Crippen molar-refractivity contribution in [2.75, 3.05) is 6.61 Å². The summed E-state index contributed by atoms with van der Waals surface area (Å²) in [6, 6.07) is 2.74. The Hall–Kier alpha value is -3.55. The number of aliphatic hydroxyl groups excluding tert-OH is 2. The molecule has 0 radical (unpaired) electrons. The van der Waals surface area contributed by atoms with Crippen molar-refractivity contribution in [3.8, 4) is 0 Å². The van der Waals surface area contributed by atoms with Gasteiger partial charge in [-0.1, -0.05) is 30.3 Å². The number of hydrogen-bond donors (Lipinski definition) is 8. The van der Waals surface area contributed by atoms with E-state index in [0.29, 0.717) is 0 Å². The molecule has 5 unspecified atom stereocenters. The van der Waals surface area contributed by atoms with Crippen molar-refractivity contribution >= 4 is 29.7 Å². The minimum Gasteiger partial charge on any atom is -0.481 e. The molecule has 0 aliphatic carbocycles. The van der Waals surface area contributed by atoms with E-state index in [-0.39, 0.29) is 6.42 Å². The Labute approximate surface area is 189 Å². The highest BCUT2D eigenvalue weighted by Gasteiger charge is 2.33. The summed E-state index contributed by atoms with van der Waals surface area (Å²) in [5.41, 5.74) is 6.61. The predicted octanol–water partition coefficient (Wildman–Crippen LogP) is -3.06. The molecule has 13 nitrogen and oxygen atoms in total. The van der Waals surface area contributed by atoms with E-state index in [1.165, 1.54) is 0 Å². The lowest BCUT2D eigenvalue weighted by atomic mass is 10.1. The number of benzene rings is 1. The number of carbonyl (C=O) groups excluding carboxylic acids is 3. The van der Waals surface area contributed by atoms with Gasteiger partial charge in [0, 0.05) is 0 Å². The monoisotopic (exact) mass is 468 g/mol. The number of amides is 3. The molecule has 1 aromatic carbocycles. The van der Waals surface area contributed by atoms with Crippen LogP contribution in [0, 0.1) is 0 Å². The molecule has 0 saturated carbocycles. The van der Waals surface area contributed by atoms with E-state index in [0.717, 1.165) is 12.5 Å². The summed E-state index contributed by atoms with van der Waals surface area (Å²) in [6.45, 7) is 0.264. The van der Waals surface area contributed by atoms with Gasteiger partial charge in [-0.15, -0.1) is 0 Å². The SMILES string of the molecule is CC(O)C(NC(=O)C(CO)NC(=O)C(N)Cc1ccccc1)C(=O)NC(CC(=O)O)C(=O)O. The van der Waals surface area contributed by atoms with Crippen molar-refractivity contribution in [3.63, 3.8) is 0 Å². The minimum atomic E-state index is -1.81. The second-order valence-corrected chi connectivity index (χ2v) is 7.26. The van der Waals surface area contributed by atoms with Gasteiger partial charge in [-0.3, -0.25) is 19.2 Å². The van der Waals surface area contributed by atoms with Gasteiger partial charge in [-0.25, -0.2) is 4.79 Å². The molecule has 0 fully saturated rings. The summed E-state index contributed by atoms with van der Waals surface area (Å²) in [4.78, 5) is 59.1. The van der Waals surface area contributed by atoms with Gasteiger partial charge in [-0.05, 0) is 18.9 Å². The van der Waals surface area contributed by atoms with E-state index in [4.69, 9.17) is 15.9 Å². The fraction of sp³-hybridized carbons (Fsp3) is 0.450. The zero-order chi connectivity index (χ0) is 25.1. The van der Waals surface area contributed by atoms with Crippen molar-refractivity contribution in [3.05, 3.63) is 35.9 Å². The molecule has 0 aliphatic rings. The maximum atomic E-state index is 12.5. The molecule has 1 aromatic rings. The number of aliphatic hydroxyl groups is 2. The summed E-state index contributed by atoms with van der Waals surface area (Å²) in [5.74, 6) is -6.09. The summed E-state index contributed by atoms with van der Waals surface area (Å²) in [5, 5.41) is 43.4. The zero-order valence-corrected chi connectivity index (χ0v) is 17.8. The average Bonchev–Trinajstić information content (AvgIpc) is 2.74. The van der Waals surface area contributed by atoms with Crippen molar-refractivity contribution < 1.29 is 44.4 Å². The van der Waals surface area contributed by atoms with Crippen LogP contribution in [0.2, 0.25) is 0 Å². The number of hydrogen-bond acceptors (Lipinski definition) is 8. The third-order valence-electron chi connectivity index (χ3n) is 4.51. The largest absolute Gasteiger partial charge is 0.481 e. The highest BCUT2D eigenvalue weighted by Crippen LogP contribution is 2.03. The number of aliphatic carboxylic acids is 2. The van der Waals surface area contributed by atoms with Crippen molar-refractivity contribution in [2.45, 2.75) is 50.0 Å². The van der Waals surface area contributed by atoms with Crippen molar-refractivity contribution in [1.82, 2.24) is 16.0 Å². The molecule has 0 bridgehead atoms. The van der Waals surface area contributed by atoms with E-state index in [1.807, 2.05) is 5.32 Å². The minimum absolute atomic E-state index is 0.158. The van der Waals surface area contributed by atoms with Gasteiger partial charge in [-0.2, -0.15) is 0 Å². The first-order valence-electron chi connectivity index (χ1n) is 9.90. The number of carboxylic acid groups (broad SMARTS) is 2. The van der Waals surface area contributed by atoms with Crippen molar-refractivity contribution in [2.24, 2.45) is 5.73 Å². The van der Waals surface area contributed by atoms with Crippen LogP contribution in [0.5, 0.6) is 0 Å². The summed E-state index contributed by atoms with van der Waals surface area (Å²) in [7, 11) is 0. The van der Waals surface area contributed by atoms with Gasteiger partial charge in [0.15, 0.2) is 0 Å². The lowest BCUT2D eigenvalue weighted by Gasteiger charge is -2.25. The second-order valence-electron chi connectivity index (χ2n) is 7.26. The first-order valence-corrected chi connectivity index (χ1v) is 9.90. The maximum Gasteiger partial charge on any atom is 0.326 e. The van der Waals surface area contributed by atoms with Crippen LogP contribution in [-0.2, 0) is 30.4 Å². The molecule has 0 aromatic heterocycles. The highest BCUT2D eigenvalue weighted by molar-refractivity contribution is 5.95. The zero-order valence-electron chi connectivity index (χ0n) is 17.8. The van der Waals surface area contributed by atoms with Gasteiger partial charge in [0.05, 0.1) is 25.2 Å². The highest BCUT2D eigenvalue weighted by atomic mass is 16.4. The van der Waals surface area contributed by atoms with Crippen molar-refractivity contribution in [1.29, 1.82) is 0 Å². The third-order valence-corrected chi connectivity index (χ3v) is 4.51. The van der Waals surface area contributed by atoms with E-state index in [1.54, 1.807) is 30.3 Å². The molecule has 33 heavy (non-hydrogen) atoms. The number of carboxylic acids is 2. The van der Waals surface area contributed by atoms with E-state index >= 15 is 0 Å². The number of nitrogens with two attached hydrogens (primary N) is 1. The molecule has 0 spiro atoms. The van der Waals surface area contributed by atoms with Gasteiger partial charge in [0.25, 0.3) is 0 Å². The lowest BCUT2D eigenvalue weighted by molar-refractivity contribution is -0.148. The van der Waals surface area contributed by atoms with Gasteiger partial charge < -0.3 is 42.1 Å². The Morgan fingerprint density at radius 2 is 1.48 bits per heavy atom. The first kappa shape index (κ1) is 27.5. The number of carbonyl (C=O) groups is 5. The molecular weight excluding hydrogens is 440 g/mol. The maximum absolute atomic E-state index is 12.5. The molecule has 1 rings (SSSR count). The van der Waals surface area contributed by atoms with Crippen LogP contribution in [0.1, 0.15) is 18.9 Å². The van der Waals surface area contributed by atoms with E-state index < -0.39 is 73.0 Å². The molecule has 0 heterocycles. The lowest BCUT2D eigenvalue weighted by Crippen LogP contribution is -2.60. The Bertz CT molecular complexity index is 847. The Morgan fingerprint density at radius 3 is 1.97 bits per heavy atom. The molecular formula is C20H28N4O9. The molecule has 0 saturated heterocycles. The first-order chi connectivity index (χ1) is 15.5.